The van der Waals surface area contributed by atoms with Crippen molar-refractivity contribution in [3.63, 3.8) is 0 Å². The highest BCUT2D eigenvalue weighted by Gasteiger charge is 2.38. The summed E-state index contributed by atoms with van der Waals surface area (Å²) in [6.45, 7) is 2.31. The number of halogens is 3. The lowest BCUT2D eigenvalue weighted by molar-refractivity contribution is -0.173. The van der Waals surface area contributed by atoms with Gasteiger partial charge >= 0.3 is 12.1 Å². The topological polar surface area (TPSA) is 29.1 Å². The van der Waals surface area contributed by atoms with Gasteiger partial charge in [0.15, 0.2) is 0 Å². The third-order valence-electron chi connectivity index (χ3n) is 3.07. The van der Waals surface area contributed by atoms with E-state index in [0.717, 1.165) is 19.3 Å². The fourth-order valence-electron chi connectivity index (χ4n) is 1.91. The molecule has 114 valence electrons. The molecule has 0 bridgehead atoms. The van der Waals surface area contributed by atoms with Gasteiger partial charge in [0.2, 0.25) is 0 Å². The Morgan fingerprint density at radius 1 is 0.842 bits per heavy atom. The van der Waals surface area contributed by atoms with Crippen molar-refractivity contribution in [1.82, 2.24) is 5.32 Å². The van der Waals surface area contributed by atoms with Crippen LogP contribution < -0.4 is 5.32 Å². The van der Waals surface area contributed by atoms with E-state index in [4.69, 9.17) is 0 Å². The number of hydrogen-bond acceptors (Lipinski definition) is 1. The van der Waals surface area contributed by atoms with Crippen molar-refractivity contribution in [3.05, 3.63) is 0 Å². The minimum Gasteiger partial charge on any atom is -0.348 e. The van der Waals surface area contributed by atoms with E-state index in [2.05, 4.69) is 6.92 Å². The van der Waals surface area contributed by atoms with Crippen LogP contribution in [0.15, 0.2) is 0 Å². The first-order valence-corrected chi connectivity index (χ1v) is 7.33. The molecular weight excluding hydrogens is 255 g/mol. The van der Waals surface area contributed by atoms with Gasteiger partial charge in [0.1, 0.15) is 0 Å². The van der Waals surface area contributed by atoms with Crippen molar-refractivity contribution in [3.8, 4) is 0 Å². The van der Waals surface area contributed by atoms with Gasteiger partial charge in [-0.05, 0) is 6.42 Å². The summed E-state index contributed by atoms with van der Waals surface area (Å²) in [6, 6.07) is 0. The molecule has 0 fully saturated rings. The Hall–Kier alpha value is -0.740. The molecule has 0 radical (unpaired) electrons. The molecule has 0 aromatic carbocycles. The van der Waals surface area contributed by atoms with Crippen molar-refractivity contribution >= 4 is 5.91 Å². The molecule has 19 heavy (non-hydrogen) atoms. The highest BCUT2D eigenvalue weighted by Crippen LogP contribution is 2.14. The molecule has 0 atom stereocenters. The lowest BCUT2D eigenvalue weighted by Crippen LogP contribution is -2.37. The number of rotatable bonds is 11. The van der Waals surface area contributed by atoms with Crippen LogP contribution in [0.4, 0.5) is 13.2 Å². The summed E-state index contributed by atoms with van der Waals surface area (Å²) in [6.07, 6.45) is 6.54. The molecule has 0 aliphatic rings. The van der Waals surface area contributed by atoms with Crippen LogP contribution in [-0.4, -0.2) is 18.6 Å². The number of carbonyl (C=O) groups excluding carboxylic acids is 1. The van der Waals surface area contributed by atoms with Gasteiger partial charge in [-0.15, -0.1) is 0 Å². The molecule has 1 N–H and O–H groups in total. The summed E-state index contributed by atoms with van der Waals surface area (Å²) in [5, 5.41) is 1.88. The summed E-state index contributed by atoms with van der Waals surface area (Å²) in [7, 11) is 0. The number of hydrogen-bond donors (Lipinski definition) is 1. The monoisotopic (exact) mass is 281 g/mol. The van der Waals surface area contributed by atoms with Crippen LogP contribution in [0.5, 0.6) is 0 Å². The average molecular weight is 281 g/mol. The van der Waals surface area contributed by atoms with Gasteiger partial charge in [-0.25, -0.2) is 0 Å². The van der Waals surface area contributed by atoms with Crippen molar-refractivity contribution in [2.24, 2.45) is 0 Å². The van der Waals surface area contributed by atoms with Gasteiger partial charge < -0.3 is 5.32 Å². The highest BCUT2D eigenvalue weighted by molar-refractivity contribution is 5.81. The standard InChI is InChI=1S/C14H26F3NO/c1-2-3-4-5-6-7-8-9-10-11-12-18-13(19)14(15,16)17/h2-12H2,1H3,(H,18,19). The zero-order chi connectivity index (χ0) is 14.6. The molecule has 2 nitrogen and oxygen atoms in total. The van der Waals surface area contributed by atoms with Gasteiger partial charge in [0.25, 0.3) is 0 Å². The van der Waals surface area contributed by atoms with Crippen LogP contribution in [0.2, 0.25) is 0 Å². The van der Waals surface area contributed by atoms with Crippen LogP contribution in [-0.2, 0) is 4.79 Å². The summed E-state index contributed by atoms with van der Waals surface area (Å²) in [4.78, 5) is 10.5. The van der Waals surface area contributed by atoms with E-state index >= 15 is 0 Å². The normalized spacial score (nSPS) is 11.6. The largest absolute Gasteiger partial charge is 0.471 e. The minimum absolute atomic E-state index is 0.120. The van der Waals surface area contributed by atoms with Crippen LogP contribution in [0, 0.1) is 0 Å². The number of unbranched alkanes of at least 4 members (excludes halogenated alkanes) is 9. The second kappa shape index (κ2) is 11.1. The second-order valence-electron chi connectivity index (χ2n) is 4.94. The van der Waals surface area contributed by atoms with E-state index in [1.807, 2.05) is 5.32 Å². The van der Waals surface area contributed by atoms with Crippen LogP contribution in [0.1, 0.15) is 71.1 Å². The molecule has 0 rings (SSSR count). The van der Waals surface area contributed by atoms with E-state index < -0.39 is 12.1 Å². The SMILES string of the molecule is CCCCCCCCCCCCNC(=O)C(F)(F)F. The van der Waals surface area contributed by atoms with Gasteiger partial charge in [0.05, 0.1) is 0 Å². The maximum atomic E-state index is 11.8. The summed E-state index contributed by atoms with van der Waals surface area (Å²) >= 11 is 0. The van der Waals surface area contributed by atoms with E-state index in [-0.39, 0.29) is 6.54 Å². The van der Waals surface area contributed by atoms with Gasteiger partial charge in [-0.2, -0.15) is 13.2 Å². The summed E-state index contributed by atoms with van der Waals surface area (Å²) < 4.78 is 35.5. The third-order valence-corrected chi connectivity index (χ3v) is 3.07. The zero-order valence-corrected chi connectivity index (χ0v) is 11.8. The first-order valence-electron chi connectivity index (χ1n) is 7.33. The molecular formula is C14H26F3NO. The number of amides is 1. The smallest absolute Gasteiger partial charge is 0.348 e. The molecule has 0 aliphatic heterocycles. The predicted octanol–water partition coefficient (Wildman–Crippen LogP) is 4.59. The summed E-state index contributed by atoms with van der Waals surface area (Å²) in [5.74, 6) is -1.83. The van der Waals surface area contributed by atoms with E-state index in [1.165, 1.54) is 38.5 Å². The van der Waals surface area contributed by atoms with E-state index in [1.54, 1.807) is 0 Å². The molecule has 0 aliphatic carbocycles. The van der Waals surface area contributed by atoms with Crippen LogP contribution in [0.25, 0.3) is 0 Å². The third kappa shape index (κ3) is 12.1. The lowest BCUT2D eigenvalue weighted by atomic mass is 10.1. The first-order chi connectivity index (χ1) is 8.98. The van der Waals surface area contributed by atoms with Gasteiger partial charge in [-0.3, -0.25) is 4.79 Å². The maximum Gasteiger partial charge on any atom is 0.471 e. The fourth-order valence-corrected chi connectivity index (χ4v) is 1.91. The van der Waals surface area contributed by atoms with Gasteiger partial charge in [-0.1, -0.05) is 64.7 Å². The molecule has 0 heterocycles. The van der Waals surface area contributed by atoms with Crippen molar-refractivity contribution in [1.29, 1.82) is 0 Å². The van der Waals surface area contributed by atoms with Crippen LogP contribution >= 0.6 is 0 Å². The Morgan fingerprint density at radius 3 is 1.68 bits per heavy atom. The van der Waals surface area contributed by atoms with Crippen molar-refractivity contribution in [2.75, 3.05) is 6.54 Å². The minimum atomic E-state index is -4.75. The Balaban J connectivity index is 3.17. The van der Waals surface area contributed by atoms with E-state index in [0.29, 0.717) is 6.42 Å². The van der Waals surface area contributed by atoms with Crippen LogP contribution in [0.3, 0.4) is 0 Å². The molecule has 0 saturated heterocycles. The van der Waals surface area contributed by atoms with Gasteiger partial charge in [0, 0.05) is 6.54 Å². The maximum absolute atomic E-state index is 11.8. The quantitative estimate of drug-likeness (QED) is 0.552. The fraction of sp³-hybridized carbons (Fsp3) is 0.929. The second-order valence-corrected chi connectivity index (χ2v) is 4.94. The highest BCUT2D eigenvalue weighted by atomic mass is 19.4. The molecule has 0 aromatic heterocycles. The Kier molecular flexibility index (Phi) is 10.7. The molecule has 0 unspecified atom stereocenters. The first kappa shape index (κ1) is 18.3. The average Bonchev–Trinajstić information content (AvgIpc) is 2.34. The molecule has 0 spiro atoms. The Labute approximate surface area is 114 Å². The predicted molar refractivity (Wildman–Crippen MR) is 70.9 cm³/mol. The number of carbonyl (C=O) groups is 1. The molecule has 1 amide bonds. The number of alkyl halides is 3. The molecule has 5 heteroatoms. The van der Waals surface area contributed by atoms with E-state index in [9.17, 15) is 18.0 Å². The van der Waals surface area contributed by atoms with Crippen molar-refractivity contribution in [2.45, 2.75) is 77.3 Å². The number of nitrogens with one attached hydrogen (secondary N) is 1. The summed E-state index contributed by atoms with van der Waals surface area (Å²) in [5.41, 5.74) is 0. The Bertz CT molecular complexity index is 229. The zero-order valence-electron chi connectivity index (χ0n) is 11.8. The lowest BCUT2D eigenvalue weighted by Gasteiger charge is -2.07. The molecule has 0 saturated carbocycles. The molecule has 0 aromatic rings. The Morgan fingerprint density at radius 2 is 1.26 bits per heavy atom. The van der Waals surface area contributed by atoms with Crippen molar-refractivity contribution < 1.29 is 18.0 Å².